The van der Waals surface area contributed by atoms with Gasteiger partial charge in [-0.25, -0.2) is 5.43 Å². The van der Waals surface area contributed by atoms with Crippen LogP contribution in [0.15, 0.2) is 54.9 Å². The quantitative estimate of drug-likeness (QED) is 0.336. The van der Waals surface area contributed by atoms with Crippen molar-refractivity contribution in [2.75, 3.05) is 13.2 Å². The SMILES string of the molecule is CCOc1ccc(/C=N\NC(=O)c2cc3cc(Br)cc(Br)c3o2)cc1OCC. The van der Waals surface area contributed by atoms with E-state index in [1.807, 2.05) is 38.1 Å². The van der Waals surface area contributed by atoms with E-state index >= 15 is 0 Å². The molecule has 0 aliphatic rings. The number of fused-ring (bicyclic) bond motifs is 1. The molecule has 0 saturated carbocycles. The number of furan rings is 1. The second kappa shape index (κ2) is 9.25. The Labute approximate surface area is 179 Å². The predicted molar refractivity (Wildman–Crippen MR) is 115 cm³/mol. The summed E-state index contributed by atoms with van der Waals surface area (Å²) in [6.45, 7) is 4.89. The normalized spacial score (nSPS) is 11.1. The standard InChI is InChI=1S/C20H18Br2N2O4/c1-3-26-16-6-5-12(7-17(16)27-4-2)11-23-24-20(25)18-9-13-8-14(21)10-15(22)19(13)28-18/h5-11H,3-4H2,1-2H3,(H,24,25)/b23-11-. The number of hydrogen-bond donors (Lipinski definition) is 1. The van der Waals surface area contributed by atoms with Crippen LogP contribution in [0.5, 0.6) is 11.5 Å². The van der Waals surface area contributed by atoms with Crippen LogP contribution in [0.3, 0.4) is 0 Å². The molecule has 146 valence electrons. The van der Waals surface area contributed by atoms with Crippen molar-refractivity contribution in [3.8, 4) is 11.5 Å². The zero-order valence-electron chi connectivity index (χ0n) is 15.3. The Bertz CT molecular complexity index is 1030. The van der Waals surface area contributed by atoms with Crippen LogP contribution >= 0.6 is 31.9 Å². The van der Waals surface area contributed by atoms with Crippen molar-refractivity contribution in [1.82, 2.24) is 5.43 Å². The van der Waals surface area contributed by atoms with E-state index in [2.05, 4.69) is 42.4 Å². The third-order valence-corrected chi connectivity index (χ3v) is 4.75. The first-order valence-corrected chi connectivity index (χ1v) is 10.2. The van der Waals surface area contributed by atoms with E-state index in [9.17, 15) is 4.79 Å². The monoisotopic (exact) mass is 508 g/mol. The highest BCUT2D eigenvalue weighted by molar-refractivity contribution is 9.11. The molecule has 0 radical (unpaired) electrons. The van der Waals surface area contributed by atoms with Crippen LogP contribution < -0.4 is 14.9 Å². The summed E-state index contributed by atoms with van der Waals surface area (Å²) in [6.07, 6.45) is 1.53. The zero-order chi connectivity index (χ0) is 20.1. The lowest BCUT2D eigenvalue weighted by molar-refractivity contribution is 0.0929. The van der Waals surface area contributed by atoms with Crippen LogP contribution in [0, 0.1) is 0 Å². The van der Waals surface area contributed by atoms with Gasteiger partial charge in [-0.3, -0.25) is 4.79 Å². The number of carbonyl (C=O) groups excluding carboxylic acids is 1. The molecule has 0 bridgehead atoms. The lowest BCUT2D eigenvalue weighted by Gasteiger charge is -2.11. The van der Waals surface area contributed by atoms with Gasteiger partial charge in [0.2, 0.25) is 0 Å². The van der Waals surface area contributed by atoms with Crippen molar-refractivity contribution in [3.05, 3.63) is 56.7 Å². The Morgan fingerprint density at radius 3 is 2.61 bits per heavy atom. The van der Waals surface area contributed by atoms with Gasteiger partial charge < -0.3 is 13.9 Å². The lowest BCUT2D eigenvalue weighted by atomic mass is 10.2. The molecule has 28 heavy (non-hydrogen) atoms. The summed E-state index contributed by atoms with van der Waals surface area (Å²) in [4.78, 5) is 12.3. The van der Waals surface area contributed by atoms with Gasteiger partial charge in [0.25, 0.3) is 0 Å². The first-order valence-electron chi connectivity index (χ1n) is 8.63. The van der Waals surface area contributed by atoms with E-state index in [0.29, 0.717) is 30.3 Å². The van der Waals surface area contributed by atoms with Gasteiger partial charge in [0, 0.05) is 9.86 Å². The van der Waals surface area contributed by atoms with Crippen LogP contribution in [-0.2, 0) is 0 Å². The van der Waals surface area contributed by atoms with Gasteiger partial charge in [-0.2, -0.15) is 5.10 Å². The Morgan fingerprint density at radius 1 is 1.11 bits per heavy atom. The maximum atomic E-state index is 12.3. The zero-order valence-corrected chi connectivity index (χ0v) is 18.5. The van der Waals surface area contributed by atoms with E-state index in [4.69, 9.17) is 13.9 Å². The van der Waals surface area contributed by atoms with Gasteiger partial charge in [-0.05, 0) is 71.7 Å². The van der Waals surface area contributed by atoms with Gasteiger partial charge >= 0.3 is 5.91 Å². The molecular weight excluding hydrogens is 492 g/mol. The number of amides is 1. The van der Waals surface area contributed by atoms with Gasteiger partial charge in [0.1, 0.15) is 5.58 Å². The van der Waals surface area contributed by atoms with Crippen molar-refractivity contribution >= 4 is 55.0 Å². The summed E-state index contributed by atoms with van der Waals surface area (Å²) in [5.74, 6) is 1.04. The molecule has 1 aromatic heterocycles. The van der Waals surface area contributed by atoms with Crippen molar-refractivity contribution in [2.24, 2.45) is 5.10 Å². The fraction of sp³-hybridized carbons (Fsp3) is 0.200. The molecule has 1 heterocycles. The Morgan fingerprint density at radius 2 is 1.86 bits per heavy atom. The van der Waals surface area contributed by atoms with Gasteiger partial charge in [-0.1, -0.05) is 15.9 Å². The average molecular weight is 510 g/mol. The van der Waals surface area contributed by atoms with Crippen LogP contribution in [0.25, 0.3) is 11.0 Å². The Kier molecular flexibility index (Phi) is 6.74. The summed E-state index contributed by atoms with van der Waals surface area (Å²) < 4.78 is 18.4. The minimum Gasteiger partial charge on any atom is -0.490 e. The number of hydrazone groups is 1. The van der Waals surface area contributed by atoms with E-state index in [-0.39, 0.29) is 5.76 Å². The van der Waals surface area contributed by atoms with Gasteiger partial charge in [-0.15, -0.1) is 0 Å². The number of halogens is 2. The number of nitrogens with zero attached hydrogens (tertiary/aromatic N) is 1. The molecule has 0 saturated heterocycles. The minimum absolute atomic E-state index is 0.174. The smallest absolute Gasteiger partial charge is 0.307 e. The van der Waals surface area contributed by atoms with E-state index in [1.165, 1.54) is 6.21 Å². The molecular formula is C20H18Br2N2O4. The topological polar surface area (TPSA) is 73.1 Å². The Balaban J connectivity index is 1.73. The highest BCUT2D eigenvalue weighted by atomic mass is 79.9. The minimum atomic E-state index is -0.438. The fourth-order valence-electron chi connectivity index (χ4n) is 2.56. The molecule has 0 unspecified atom stereocenters. The van der Waals surface area contributed by atoms with Crippen LogP contribution in [0.4, 0.5) is 0 Å². The highest BCUT2D eigenvalue weighted by Gasteiger charge is 2.14. The van der Waals surface area contributed by atoms with E-state index in [1.54, 1.807) is 12.1 Å². The number of carbonyl (C=O) groups is 1. The number of nitrogens with one attached hydrogen (secondary N) is 1. The Hall–Kier alpha value is -2.32. The maximum absolute atomic E-state index is 12.3. The molecule has 6 nitrogen and oxygen atoms in total. The number of ether oxygens (including phenoxy) is 2. The van der Waals surface area contributed by atoms with Gasteiger partial charge in [0.05, 0.1) is 23.9 Å². The highest BCUT2D eigenvalue weighted by Crippen LogP contribution is 2.31. The molecule has 0 fully saturated rings. The second-order valence-corrected chi connectivity index (χ2v) is 7.46. The van der Waals surface area contributed by atoms with Crippen LogP contribution in [-0.4, -0.2) is 25.3 Å². The number of hydrogen-bond acceptors (Lipinski definition) is 5. The summed E-state index contributed by atoms with van der Waals surface area (Å²) >= 11 is 6.84. The fourth-order valence-corrected chi connectivity index (χ4v) is 3.90. The largest absolute Gasteiger partial charge is 0.490 e. The molecule has 0 aliphatic carbocycles. The molecule has 0 atom stereocenters. The van der Waals surface area contributed by atoms with Crippen LogP contribution in [0.2, 0.25) is 0 Å². The van der Waals surface area contributed by atoms with Crippen LogP contribution in [0.1, 0.15) is 30.0 Å². The third-order valence-electron chi connectivity index (χ3n) is 3.71. The lowest BCUT2D eigenvalue weighted by Crippen LogP contribution is -2.16. The molecule has 3 rings (SSSR count). The molecule has 8 heteroatoms. The predicted octanol–water partition coefficient (Wildman–Crippen LogP) is 5.52. The first-order chi connectivity index (χ1) is 13.5. The molecule has 1 amide bonds. The molecule has 0 spiro atoms. The summed E-state index contributed by atoms with van der Waals surface area (Å²) in [6, 6.07) is 10.8. The average Bonchev–Trinajstić information content (AvgIpc) is 3.08. The molecule has 3 aromatic rings. The number of benzene rings is 2. The van der Waals surface area contributed by atoms with Crippen molar-refractivity contribution < 1.29 is 18.7 Å². The van der Waals surface area contributed by atoms with Crippen molar-refractivity contribution in [1.29, 1.82) is 0 Å². The third kappa shape index (κ3) is 4.74. The first kappa shape index (κ1) is 20.4. The molecule has 0 aliphatic heterocycles. The van der Waals surface area contributed by atoms with E-state index in [0.717, 1.165) is 19.9 Å². The molecule has 2 aromatic carbocycles. The maximum Gasteiger partial charge on any atom is 0.307 e. The summed E-state index contributed by atoms with van der Waals surface area (Å²) in [5, 5.41) is 4.81. The van der Waals surface area contributed by atoms with Gasteiger partial charge in [0.15, 0.2) is 17.3 Å². The summed E-state index contributed by atoms with van der Waals surface area (Å²) in [5.41, 5.74) is 3.84. The molecule has 1 N–H and O–H groups in total. The number of rotatable bonds is 7. The second-order valence-electron chi connectivity index (χ2n) is 5.69. The summed E-state index contributed by atoms with van der Waals surface area (Å²) in [7, 11) is 0. The van der Waals surface area contributed by atoms with Crippen molar-refractivity contribution in [3.63, 3.8) is 0 Å². The van der Waals surface area contributed by atoms with E-state index < -0.39 is 5.91 Å². The van der Waals surface area contributed by atoms with Crippen molar-refractivity contribution in [2.45, 2.75) is 13.8 Å².